The van der Waals surface area contributed by atoms with Crippen LogP contribution in [0.4, 0.5) is 11.8 Å². The van der Waals surface area contributed by atoms with Gasteiger partial charge in [-0.1, -0.05) is 0 Å². The molecule has 0 aliphatic carbocycles. The van der Waals surface area contributed by atoms with Crippen molar-refractivity contribution in [1.29, 1.82) is 0 Å². The van der Waals surface area contributed by atoms with Crippen molar-refractivity contribution in [2.75, 3.05) is 42.5 Å². The molecule has 0 bridgehead atoms. The molecule has 4 rings (SSSR count). The molecule has 3 saturated heterocycles. The maximum Gasteiger partial charge on any atom is 0.230 e. The van der Waals surface area contributed by atoms with Crippen LogP contribution in [0.2, 0.25) is 0 Å². The van der Waals surface area contributed by atoms with Crippen molar-refractivity contribution in [2.24, 2.45) is 5.41 Å². The Hall–Kier alpha value is -1.89. The average molecular weight is 359 g/mol. The second-order valence-corrected chi connectivity index (χ2v) is 7.99. The zero-order chi connectivity index (χ0) is 18.3. The molecule has 3 aliphatic heterocycles. The number of aliphatic hydroxyl groups is 1. The maximum atomic E-state index is 12.6. The Balaban J connectivity index is 1.67. The third-order valence-electron chi connectivity index (χ3n) is 6.36. The average Bonchev–Trinajstić information content (AvgIpc) is 3.17. The lowest BCUT2D eigenvalue weighted by molar-refractivity contribution is -0.142. The number of carbonyl (C=O) groups excluding carboxylic acids is 1. The fourth-order valence-corrected chi connectivity index (χ4v) is 4.59. The zero-order valence-corrected chi connectivity index (χ0v) is 15.8. The van der Waals surface area contributed by atoms with Gasteiger partial charge in [-0.05, 0) is 46.0 Å². The molecule has 26 heavy (non-hydrogen) atoms. The third kappa shape index (κ3) is 2.82. The monoisotopic (exact) mass is 359 g/mol. The van der Waals surface area contributed by atoms with E-state index >= 15 is 0 Å². The van der Waals surface area contributed by atoms with Crippen LogP contribution >= 0.6 is 0 Å². The van der Waals surface area contributed by atoms with Gasteiger partial charge < -0.3 is 20.2 Å². The molecular weight excluding hydrogens is 330 g/mol. The summed E-state index contributed by atoms with van der Waals surface area (Å²) < 4.78 is 0. The second-order valence-electron chi connectivity index (χ2n) is 7.99. The number of carbonyl (C=O) groups is 1. The van der Waals surface area contributed by atoms with Gasteiger partial charge in [0.05, 0.1) is 11.5 Å². The van der Waals surface area contributed by atoms with Crippen LogP contribution in [0.1, 0.15) is 43.4 Å². The lowest BCUT2D eigenvalue weighted by Crippen LogP contribution is -2.61. The van der Waals surface area contributed by atoms with Gasteiger partial charge in [-0.15, -0.1) is 0 Å². The summed E-state index contributed by atoms with van der Waals surface area (Å²) >= 11 is 0. The predicted molar refractivity (Wildman–Crippen MR) is 100 cm³/mol. The van der Waals surface area contributed by atoms with Gasteiger partial charge in [0.15, 0.2) is 0 Å². The summed E-state index contributed by atoms with van der Waals surface area (Å²) in [7, 11) is 0. The molecule has 7 nitrogen and oxygen atoms in total. The van der Waals surface area contributed by atoms with E-state index in [0.29, 0.717) is 26.1 Å². The highest BCUT2D eigenvalue weighted by molar-refractivity contribution is 5.85. The number of hydrogen-bond donors (Lipinski definition) is 2. The fourth-order valence-electron chi connectivity index (χ4n) is 4.59. The van der Waals surface area contributed by atoms with Gasteiger partial charge >= 0.3 is 0 Å². The molecular formula is C19H29N5O2. The summed E-state index contributed by atoms with van der Waals surface area (Å²) in [6.45, 7) is 8.04. The van der Waals surface area contributed by atoms with Crippen molar-refractivity contribution in [3.05, 3.63) is 11.3 Å². The van der Waals surface area contributed by atoms with Crippen LogP contribution in [0.3, 0.4) is 0 Å². The maximum absolute atomic E-state index is 12.6. The van der Waals surface area contributed by atoms with Crippen LogP contribution in [-0.4, -0.2) is 59.8 Å². The highest BCUT2D eigenvalue weighted by Crippen LogP contribution is 2.39. The molecule has 0 saturated carbocycles. The largest absolute Gasteiger partial charge is 0.392 e. The minimum atomic E-state index is -0.713. The van der Waals surface area contributed by atoms with Crippen molar-refractivity contribution in [1.82, 2.24) is 15.3 Å². The molecule has 1 amide bonds. The Morgan fingerprint density at radius 1 is 1.12 bits per heavy atom. The number of nitrogens with one attached hydrogen (secondary N) is 1. The summed E-state index contributed by atoms with van der Waals surface area (Å²) in [6, 6.07) is 0. The van der Waals surface area contributed by atoms with Gasteiger partial charge in [-0.2, -0.15) is 4.98 Å². The summed E-state index contributed by atoms with van der Waals surface area (Å²) in [5.41, 5.74) is 1.34. The van der Waals surface area contributed by atoms with Gasteiger partial charge in [-0.3, -0.25) is 4.79 Å². The van der Waals surface area contributed by atoms with Gasteiger partial charge in [0, 0.05) is 44.0 Å². The number of aliphatic hydroxyl groups excluding tert-OH is 1. The first-order chi connectivity index (χ1) is 12.5. The van der Waals surface area contributed by atoms with Crippen LogP contribution in [0.25, 0.3) is 0 Å². The second kappa shape index (κ2) is 6.68. The molecule has 142 valence electrons. The van der Waals surface area contributed by atoms with Crippen LogP contribution in [0, 0.1) is 19.3 Å². The van der Waals surface area contributed by atoms with Gasteiger partial charge in [0.25, 0.3) is 0 Å². The first kappa shape index (κ1) is 17.5. The summed E-state index contributed by atoms with van der Waals surface area (Å²) in [5, 5.41) is 13.6. The Morgan fingerprint density at radius 2 is 1.88 bits per heavy atom. The number of hydrogen-bond acceptors (Lipinski definition) is 6. The standard InChI is InChI=1S/C19H29N5O2/c1-13-14(2)21-18(23-9-3-4-10-23)22-16(13)24-11-6-15(25)19(12-24)7-5-8-20-17(19)26/h15,25H,3-12H2,1-2H3,(H,20,26)/t15-,19+/m0/s1. The van der Waals surface area contributed by atoms with E-state index in [-0.39, 0.29) is 5.91 Å². The smallest absolute Gasteiger partial charge is 0.230 e. The topological polar surface area (TPSA) is 81.6 Å². The minimum Gasteiger partial charge on any atom is -0.392 e. The molecule has 0 radical (unpaired) electrons. The Kier molecular flexibility index (Phi) is 4.50. The lowest BCUT2D eigenvalue weighted by Gasteiger charge is -2.47. The van der Waals surface area contributed by atoms with Crippen molar-refractivity contribution >= 4 is 17.7 Å². The molecule has 0 aromatic carbocycles. The third-order valence-corrected chi connectivity index (χ3v) is 6.36. The number of nitrogens with zero attached hydrogens (tertiary/aromatic N) is 4. The summed E-state index contributed by atoms with van der Waals surface area (Å²) in [4.78, 5) is 26.7. The lowest BCUT2D eigenvalue weighted by atomic mass is 9.71. The molecule has 2 N–H and O–H groups in total. The Morgan fingerprint density at radius 3 is 2.62 bits per heavy atom. The minimum absolute atomic E-state index is 0.0100. The van der Waals surface area contributed by atoms with Crippen molar-refractivity contribution in [3.8, 4) is 0 Å². The molecule has 7 heteroatoms. The first-order valence-corrected chi connectivity index (χ1v) is 9.83. The van der Waals surface area contributed by atoms with Crippen molar-refractivity contribution in [3.63, 3.8) is 0 Å². The molecule has 1 aromatic heterocycles. The highest BCUT2D eigenvalue weighted by atomic mass is 16.3. The number of aryl methyl sites for hydroxylation is 1. The van der Waals surface area contributed by atoms with Gasteiger partial charge in [0.2, 0.25) is 11.9 Å². The molecule has 1 spiro atoms. The van der Waals surface area contributed by atoms with E-state index < -0.39 is 11.5 Å². The first-order valence-electron chi connectivity index (χ1n) is 9.83. The van der Waals surface area contributed by atoms with Crippen LogP contribution in [-0.2, 0) is 4.79 Å². The zero-order valence-electron chi connectivity index (χ0n) is 15.8. The van der Waals surface area contributed by atoms with E-state index in [4.69, 9.17) is 9.97 Å². The molecule has 0 unspecified atom stereocenters. The molecule has 3 aliphatic rings. The SMILES string of the molecule is Cc1nc(N2CCCC2)nc(N2CC[C@H](O)[C@@]3(CCCNC3=O)C2)c1C. The normalized spacial score (nSPS) is 29.3. The summed E-state index contributed by atoms with van der Waals surface area (Å²) in [6.07, 6.45) is 4.03. The van der Waals surface area contributed by atoms with E-state index in [1.807, 2.05) is 6.92 Å². The number of amides is 1. The predicted octanol–water partition coefficient (Wildman–Crippen LogP) is 1.16. The molecule has 4 heterocycles. The highest BCUT2D eigenvalue weighted by Gasteiger charge is 2.50. The van der Waals surface area contributed by atoms with E-state index in [2.05, 4.69) is 22.0 Å². The Labute approximate surface area is 154 Å². The van der Waals surface area contributed by atoms with Crippen molar-refractivity contribution < 1.29 is 9.90 Å². The van der Waals surface area contributed by atoms with E-state index in [1.165, 1.54) is 12.8 Å². The van der Waals surface area contributed by atoms with Crippen LogP contribution < -0.4 is 15.1 Å². The quantitative estimate of drug-likeness (QED) is 0.825. The van der Waals surface area contributed by atoms with Gasteiger partial charge in [0.1, 0.15) is 5.82 Å². The van der Waals surface area contributed by atoms with Crippen LogP contribution in [0.15, 0.2) is 0 Å². The van der Waals surface area contributed by atoms with E-state index in [9.17, 15) is 9.90 Å². The summed E-state index contributed by atoms with van der Waals surface area (Å²) in [5.74, 6) is 1.71. The van der Waals surface area contributed by atoms with E-state index in [1.54, 1.807) is 0 Å². The van der Waals surface area contributed by atoms with Crippen LogP contribution in [0.5, 0.6) is 0 Å². The molecule has 2 atom stereocenters. The molecule has 3 fully saturated rings. The molecule has 1 aromatic rings. The Bertz CT molecular complexity index is 703. The fraction of sp³-hybridized carbons (Fsp3) is 0.737. The number of aromatic nitrogens is 2. The number of anilines is 2. The number of rotatable bonds is 2. The number of piperidine rings is 2. The van der Waals surface area contributed by atoms with Gasteiger partial charge in [-0.25, -0.2) is 4.98 Å². The van der Waals surface area contributed by atoms with Crippen molar-refractivity contribution in [2.45, 2.75) is 52.1 Å². The van der Waals surface area contributed by atoms with E-state index in [0.717, 1.165) is 49.0 Å².